The van der Waals surface area contributed by atoms with Crippen LogP contribution in [0.15, 0.2) is 23.2 Å². The molecule has 2 rings (SSSR count). The Kier molecular flexibility index (Phi) is 4.66. The molecule has 0 saturated carbocycles. The van der Waals surface area contributed by atoms with Gasteiger partial charge >= 0.3 is 0 Å². The molecule has 0 amide bonds. The lowest BCUT2D eigenvalue weighted by molar-refractivity contribution is 0.112. The first-order chi connectivity index (χ1) is 9.13. The molecular weight excluding hydrogens is 264 g/mol. The number of likely N-dealkylation sites (N-methyl/N-ethyl adjacent to an activating group) is 1. The van der Waals surface area contributed by atoms with E-state index in [0.717, 1.165) is 24.5 Å². The molecule has 1 aliphatic rings. The second kappa shape index (κ2) is 6.26. The van der Waals surface area contributed by atoms with Crippen molar-refractivity contribution in [2.24, 2.45) is 4.99 Å². The van der Waals surface area contributed by atoms with Gasteiger partial charge in [-0.3, -0.25) is 4.99 Å². The zero-order chi connectivity index (χ0) is 13.8. The van der Waals surface area contributed by atoms with Crippen molar-refractivity contribution in [3.05, 3.63) is 28.8 Å². The molecule has 1 aromatic rings. The van der Waals surface area contributed by atoms with Crippen LogP contribution in [0.2, 0.25) is 5.02 Å². The molecule has 0 N–H and O–H groups in total. The zero-order valence-electron chi connectivity index (χ0n) is 11.5. The van der Waals surface area contributed by atoms with Crippen molar-refractivity contribution in [1.29, 1.82) is 0 Å². The second-order valence-electron chi connectivity index (χ2n) is 4.61. The van der Waals surface area contributed by atoms with Crippen molar-refractivity contribution >= 4 is 17.4 Å². The molecule has 1 aromatic carbocycles. The van der Waals surface area contributed by atoms with Crippen LogP contribution < -0.4 is 4.74 Å². The molecule has 1 aliphatic heterocycles. The molecule has 104 valence electrons. The summed E-state index contributed by atoms with van der Waals surface area (Å²) in [6.07, 6.45) is -0.225. The van der Waals surface area contributed by atoms with E-state index in [2.05, 4.69) is 9.89 Å². The van der Waals surface area contributed by atoms with E-state index in [-0.39, 0.29) is 6.10 Å². The standard InChI is InChI=1S/C14H19ClN2O2/c1-10-5-4-6-11(13(10)15)19-12(9-18-3)14-16-7-8-17(14)2/h4-6,12H,7-9H2,1-3H3. The predicted molar refractivity (Wildman–Crippen MR) is 77.4 cm³/mol. The Labute approximate surface area is 119 Å². The van der Waals surface area contributed by atoms with Crippen LogP contribution in [-0.4, -0.2) is 50.7 Å². The van der Waals surface area contributed by atoms with Crippen LogP contribution in [0, 0.1) is 6.92 Å². The van der Waals surface area contributed by atoms with Gasteiger partial charge in [0.25, 0.3) is 0 Å². The van der Waals surface area contributed by atoms with E-state index in [4.69, 9.17) is 21.1 Å². The number of methoxy groups -OCH3 is 1. The molecule has 4 nitrogen and oxygen atoms in total. The Morgan fingerprint density at radius 1 is 1.47 bits per heavy atom. The first kappa shape index (κ1) is 14.2. The highest BCUT2D eigenvalue weighted by molar-refractivity contribution is 6.32. The van der Waals surface area contributed by atoms with E-state index >= 15 is 0 Å². The summed E-state index contributed by atoms with van der Waals surface area (Å²) >= 11 is 6.26. The Bertz CT molecular complexity index is 477. The third-order valence-corrected chi connectivity index (χ3v) is 3.62. The SMILES string of the molecule is COCC(Oc1cccc(C)c1Cl)C1=NCCN1C. The molecule has 0 bridgehead atoms. The number of hydrogen-bond donors (Lipinski definition) is 0. The lowest BCUT2D eigenvalue weighted by Crippen LogP contribution is -2.40. The van der Waals surface area contributed by atoms with Crippen LogP contribution in [0.3, 0.4) is 0 Å². The van der Waals surface area contributed by atoms with Gasteiger partial charge < -0.3 is 14.4 Å². The van der Waals surface area contributed by atoms with E-state index < -0.39 is 0 Å². The van der Waals surface area contributed by atoms with Crippen molar-refractivity contribution in [2.45, 2.75) is 13.0 Å². The van der Waals surface area contributed by atoms with Crippen LogP contribution in [-0.2, 0) is 4.74 Å². The molecule has 0 spiro atoms. The van der Waals surface area contributed by atoms with Gasteiger partial charge in [-0.25, -0.2) is 0 Å². The maximum absolute atomic E-state index is 6.26. The summed E-state index contributed by atoms with van der Waals surface area (Å²) in [4.78, 5) is 6.57. The van der Waals surface area contributed by atoms with Crippen LogP contribution in [0.5, 0.6) is 5.75 Å². The first-order valence-corrected chi connectivity index (χ1v) is 6.67. The zero-order valence-corrected chi connectivity index (χ0v) is 12.3. The number of aliphatic imine (C=N–C) groups is 1. The summed E-state index contributed by atoms with van der Waals surface area (Å²) < 4.78 is 11.2. The van der Waals surface area contributed by atoms with Crippen LogP contribution in [0.1, 0.15) is 5.56 Å². The van der Waals surface area contributed by atoms with Gasteiger partial charge in [0.1, 0.15) is 11.6 Å². The topological polar surface area (TPSA) is 34.1 Å². The number of aryl methyl sites for hydroxylation is 1. The van der Waals surface area contributed by atoms with Gasteiger partial charge in [-0.1, -0.05) is 23.7 Å². The molecule has 0 fully saturated rings. The van der Waals surface area contributed by atoms with Gasteiger partial charge in [0.2, 0.25) is 0 Å². The van der Waals surface area contributed by atoms with E-state index in [1.807, 2.05) is 32.2 Å². The summed E-state index contributed by atoms with van der Waals surface area (Å²) in [5.74, 6) is 1.59. The minimum Gasteiger partial charge on any atom is -0.479 e. The molecule has 0 radical (unpaired) electrons. The van der Waals surface area contributed by atoms with Gasteiger partial charge in [-0.05, 0) is 18.6 Å². The van der Waals surface area contributed by atoms with E-state index in [1.54, 1.807) is 7.11 Å². The summed E-state index contributed by atoms with van der Waals surface area (Å²) in [6, 6.07) is 5.76. The number of hydrogen-bond acceptors (Lipinski definition) is 4. The number of ether oxygens (including phenoxy) is 2. The second-order valence-corrected chi connectivity index (χ2v) is 4.99. The molecule has 1 heterocycles. The molecule has 1 atom stereocenters. The number of nitrogens with zero attached hydrogens (tertiary/aromatic N) is 2. The van der Waals surface area contributed by atoms with Gasteiger partial charge in [0.05, 0.1) is 18.2 Å². The number of halogens is 1. The number of rotatable bonds is 5. The fraction of sp³-hybridized carbons (Fsp3) is 0.500. The van der Waals surface area contributed by atoms with Crippen molar-refractivity contribution in [1.82, 2.24) is 4.90 Å². The van der Waals surface area contributed by atoms with Crippen molar-refractivity contribution in [3.8, 4) is 5.75 Å². The third kappa shape index (κ3) is 3.19. The maximum atomic E-state index is 6.26. The fourth-order valence-electron chi connectivity index (χ4n) is 2.07. The molecule has 19 heavy (non-hydrogen) atoms. The molecule has 5 heteroatoms. The van der Waals surface area contributed by atoms with Gasteiger partial charge in [-0.15, -0.1) is 0 Å². The maximum Gasteiger partial charge on any atom is 0.179 e. The quantitative estimate of drug-likeness (QED) is 0.832. The summed E-state index contributed by atoms with van der Waals surface area (Å²) in [6.45, 7) is 4.13. The highest BCUT2D eigenvalue weighted by Gasteiger charge is 2.25. The van der Waals surface area contributed by atoms with Crippen LogP contribution in [0.25, 0.3) is 0 Å². The molecule has 0 aromatic heterocycles. The normalized spacial score (nSPS) is 16.4. The Hall–Kier alpha value is -1.26. The predicted octanol–water partition coefficient (Wildman–Crippen LogP) is 2.39. The highest BCUT2D eigenvalue weighted by Crippen LogP contribution is 2.28. The van der Waals surface area contributed by atoms with Crippen LogP contribution >= 0.6 is 11.6 Å². The van der Waals surface area contributed by atoms with Crippen molar-refractivity contribution in [3.63, 3.8) is 0 Å². The lowest BCUT2D eigenvalue weighted by Gasteiger charge is -2.24. The molecule has 1 unspecified atom stereocenters. The molecule has 0 aliphatic carbocycles. The lowest BCUT2D eigenvalue weighted by atomic mass is 10.2. The fourth-order valence-corrected chi connectivity index (χ4v) is 2.25. The summed E-state index contributed by atoms with van der Waals surface area (Å²) in [7, 11) is 3.67. The van der Waals surface area contributed by atoms with Crippen molar-refractivity contribution < 1.29 is 9.47 Å². The number of benzene rings is 1. The van der Waals surface area contributed by atoms with Crippen molar-refractivity contribution in [2.75, 3.05) is 33.9 Å². The smallest absolute Gasteiger partial charge is 0.179 e. The van der Waals surface area contributed by atoms with E-state index in [9.17, 15) is 0 Å². The Morgan fingerprint density at radius 2 is 2.26 bits per heavy atom. The van der Waals surface area contributed by atoms with E-state index in [1.165, 1.54) is 0 Å². The summed E-state index contributed by atoms with van der Waals surface area (Å²) in [5, 5.41) is 0.643. The van der Waals surface area contributed by atoms with Gasteiger partial charge in [0, 0.05) is 20.7 Å². The largest absolute Gasteiger partial charge is 0.479 e. The summed E-state index contributed by atoms with van der Waals surface area (Å²) in [5.41, 5.74) is 0.997. The molecule has 0 saturated heterocycles. The van der Waals surface area contributed by atoms with Gasteiger partial charge in [0.15, 0.2) is 6.10 Å². The van der Waals surface area contributed by atoms with Gasteiger partial charge in [-0.2, -0.15) is 0 Å². The highest BCUT2D eigenvalue weighted by atomic mass is 35.5. The minimum atomic E-state index is -0.225. The van der Waals surface area contributed by atoms with E-state index in [0.29, 0.717) is 17.4 Å². The first-order valence-electron chi connectivity index (χ1n) is 6.29. The third-order valence-electron chi connectivity index (χ3n) is 3.13. The average Bonchev–Trinajstić information content (AvgIpc) is 2.80. The number of amidine groups is 1. The Morgan fingerprint density at radius 3 is 2.89 bits per heavy atom. The van der Waals surface area contributed by atoms with Crippen LogP contribution in [0.4, 0.5) is 0 Å². The molecular formula is C14H19ClN2O2. The average molecular weight is 283 g/mol. The Balaban J connectivity index is 2.19. The minimum absolute atomic E-state index is 0.225. The monoisotopic (exact) mass is 282 g/mol.